The molecule has 0 bridgehead atoms. The highest BCUT2D eigenvalue weighted by Crippen LogP contribution is 2.43. The first-order valence-electron chi connectivity index (χ1n) is 7.37. The molecule has 1 saturated heterocycles. The van der Waals surface area contributed by atoms with E-state index >= 15 is 0 Å². The van der Waals surface area contributed by atoms with Crippen molar-refractivity contribution in [1.82, 2.24) is 0 Å². The van der Waals surface area contributed by atoms with Crippen molar-refractivity contribution in [2.45, 2.75) is 75.9 Å². The number of ether oxygens (including phenoxy) is 1. The van der Waals surface area contributed by atoms with Crippen LogP contribution in [0, 0.1) is 0 Å². The molecule has 0 radical (unpaired) electrons. The maximum absolute atomic E-state index is 6.16. The second-order valence-electron chi connectivity index (χ2n) is 6.23. The second-order valence-corrected chi connectivity index (χ2v) is 6.23. The van der Waals surface area contributed by atoms with Gasteiger partial charge in [-0.1, -0.05) is 30.4 Å². The van der Waals surface area contributed by atoms with Crippen molar-refractivity contribution in [2.24, 2.45) is 5.73 Å². The fourth-order valence-corrected chi connectivity index (χ4v) is 3.94. The van der Waals surface area contributed by atoms with Crippen molar-refractivity contribution in [3.8, 4) is 0 Å². The molecule has 2 aliphatic carbocycles. The molecule has 2 N–H and O–H groups in total. The summed E-state index contributed by atoms with van der Waals surface area (Å²) in [5, 5.41) is 0. The first-order valence-corrected chi connectivity index (χ1v) is 7.37. The average molecular weight is 235 g/mol. The quantitative estimate of drug-likeness (QED) is 0.654. The molecule has 0 amide bonds. The Kier molecular flexibility index (Phi) is 3.27. The maximum atomic E-state index is 6.16. The largest absolute Gasteiger partial charge is 0.374 e. The summed E-state index contributed by atoms with van der Waals surface area (Å²) in [5.74, 6) is 0. The monoisotopic (exact) mass is 235 g/mol. The SMILES string of the molecule is NC1CCC(=C2CCOC3(CCCCC3)C2)C1. The molecule has 0 aromatic carbocycles. The van der Waals surface area contributed by atoms with E-state index in [1.54, 1.807) is 11.1 Å². The normalized spacial score (nSPS) is 37.6. The van der Waals surface area contributed by atoms with E-state index in [0.29, 0.717) is 6.04 Å². The molecule has 1 unspecified atom stereocenters. The van der Waals surface area contributed by atoms with Gasteiger partial charge in [0.1, 0.15) is 0 Å². The predicted octanol–water partition coefficient (Wildman–Crippen LogP) is 3.31. The highest BCUT2D eigenvalue weighted by molar-refractivity contribution is 5.22. The molecule has 96 valence electrons. The molecule has 3 rings (SSSR count). The predicted molar refractivity (Wildman–Crippen MR) is 69.9 cm³/mol. The van der Waals surface area contributed by atoms with Crippen LogP contribution in [-0.4, -0.2) is 18.2 Å². The zero-order valence-electron chi connectivity index (χ0n) is 10.8. The summed E-state index contributed by atoms with van der Waals surface area (Å²) in [4.78, 5) is 0. The van der Waals surface area contributed by atoms with Crippen molar-refractivity contribution < 1.29 is 4.74 Å². The van der Waals surface area contributed by atoms with Crippen LogP contribution in [0.3, 0.4) is 0 Å². The van der Waals surface area contributed by atoms with E-state index < -0.39 is 0 Å². The minimum atomic E-state index is 0.228. The molecule has 1 aliphatic heterocycles. The van der Waals surface area contributed by atoms with Crippen molar-refractivity contribution in [2.75, 3.05) is 6.61 Å². The fourth-order valence-electron chi connectivity index (χ4n) is 3.94. The lowest BCUT2D eigenvalue weighted by molar-refractivity contribution is -0.0843. The summed E-state index contributed by atoms with van der Waals surface area (Å²) in [6, 6.07) is 0.433. The summed E-state index contributed by atoms with van der Waals surface area (Å²) in [6.45, 7) is 0.952. The van der Waals surface area contributed by atoms with Crippen molar-refractivity contribution >= 4 is 0 Å². The summed E-state index contributed by atoms with van der Waals surface area (Å²) in [5.41, 5.74) is 9.66. The highest BCUT2D eigenvalue weighted by Gasteiger charge is 2.37. The van der Waals surface area contributed by atoms with Crippen LogP contribution in [0.25, 0.3) is 0 Å². The Labute approximate surface area is 105 Å². The Morgan fingerprint density at radius 3 is 2.59 bits per heavy atom. The Morgan fingerprint density at radius 1 is 1.06 bits per heavy atom. The maximum Gasteiger partial charge on any atom is 0.0719 e. The van der Waals surface area contributed by atoms with Gasteiger partial charge >= 0.3 is 0 Å². The van der Waals surface area contributed by atoms with E-state index in [1.165, 1.54) is 57.8 Å². The lowest BCUT2D eigenvalue weighted by Gasteiger charge is -2.42. The minimum absolute atomic E-state index is 0.228. The van der Waals surface area contributed by atoms with Gasteiger partial charge in [0.05, 0.1) is 12.2 Å². The van der Waals surface area contributed by atoms with Crippen LogP contribution in [0.15, 0.2) is 11.1 Å². The molecular weight excluding hydrogens is 210 g/mol. The van der Waals surface area contributed by atoms with E-state index in [2.05, 4.69) is 0 Å². The lowest BCUT2D eigenvalue weighted by atomic mass is 9.77. The van der Waals surface area contributed by atoms with Crippen LogP contribution in [0.5, 0.6) is 0 Å². The molecule has 17 heavy (non-hydrogen) atoms. The minimum Gasteiger partial charge on any atom is -0.374 e. The molecule has 3 fully saturated rings. The molecule has 3 aliphatic rings. The van der Waals surface area contributed by atoms with Crippen molar-refractivity contribution in [1.29, 1.82) is 0 Å². The summed E-state index contributed by atoms with van der Waals surface area (Å²) in [6.07, 6.45) is 12.7. The molecule has 2 heteroatoms. The van der Waals surface area contributed by atoms with Gasteiger partial charge in [-0.3, -0.25) is 0 Å². The van der Waals surface area contributed by atoms with Gasteiger partial charge in [-0.2, -0.15) is 0 Å². The number of hydrogen-bond acceptors (Lipinski definition) is 2. The van der Waals surface area contributed by atoms with Gasteiger partial charge < -0.3 is 10.5 Å². The summed E-state index contributed by atoms with van der Waals surface area (Å²) in [7, 11) is 0. The van der Waals surface area contributed by atoms with Crippen molar-refractivity contribution in [3.05, 3.63) is 11.1 Å². The van der Waals surface area contributed by atoms with E-state index in [0.717, 1.165) is 13.0 Å². The Bertz CT molecular complexity index is 309. The zero-order chi connectivity index (χ0) is 11.7. The van der Waals surface area contributed by atoms with Crippen LogP contribution in [0.2, 0.25) is 0 Å². The van der Waals surface area contributed by atoms with Gasteiger partial charge in [0.2, 0.25) is 0 Å². The van der Waals surface area contributed by atoms with E-state index in [4.69, 9.17) is 10.5 Å². The van der Waals surface area contributed by atoms with Crippen LogP contribution >= 0.6 is 0 Å². The van der Waals surface area contributed by atoms with Gasteiger partial charge in [0.25, 0.3) is 0 Å². The second kappa shape index (κ2) is 4.74. The van der Waals surface area contributed by atoms with E-state index in [-0.39, 0.29) is 5.60 Å². The van der Waals surface area contributed by atoms with Crippen LogP contribution < -0.4 is 5.73 Å². The zero-order valence-corrected chi connectivity index (χ0v) is 10.8. The summed E-state index contributed by atoms with van der Waals surface area (Å²) >= 11 is 0. The third-order valence-electron chi connectivity index (χ3n) is 4.94. The van der Waals surface area contributed by atoms with Crippen LogP contribution in [-0.2, 0) is 4.74 Å². The highest BCUT2D eigenvalue weighted by atomic mass is 16.5. The number of rotatable bonds is 0. The molecule has 0 aromatic rings. The third kappa shape index (κ3) is 2.43. The molecule has 1 spiro atoms. The Balaban J connectivity index is 1.75. The van der Waals surface area contributed by atoms with E-state index in [9.17, 15) is 0 Å². The molecule has 1 heterocycles. The standard InChI is InChI=1S/C15H25NO/c16-14-5-4-12(10-14)13-6-9-17-15(11-13)7-2-1-3-8-15/h14H,1-11,16H2. The smallest absolute Gasteiger partial charge is 0.0719 e. The van der Waals surface area contributed by atoms with Gasteiger partial charge in [0, 0.05) is 6.04 Å². The first-order chi connectivity index (χ1) is 8.27. The van der Waals surface area contributed by atoms with Gasteiger partial charge in [-0.15, -0.1) is 0 Å². The lowest BCUT2D eigenvalue weighted by Crippen LogP contribution is -2.39. The Hall–Kier alpha value is -0.340. The topological polar surface area (TPSA) is 35.2 Å². The number of hydrogen-bond donors (Lipinski definition) is 1. The van der Waals surface area contributed by atoms with Gasteiger partial charge in [-0.25, -0.2) is 0 Å². The molecule has 0 aromatic heterocycles. The molecule has 2 saturated carbocycles. The van der Waals surface area contributed by atoms with Gasteiger partial charge in [-0.05, 0) is 44.9 Å². The van der Waals surface area contributed by atoms with Crippen molar-refractivity contribution in [3.63, 3.8) is 0 Å². The van der Waals surface area contributed by atoms with Gasteiger partial charge in [0.15, 0.2) is 0 Å². The number of nitrogens with two attached hydrogens (primary N) is 1. The molecule has 2 nitrogen and oxygen atoms in total. The van der Waals surface area contributed by atoms with Crippen LogP contribution in [0.1, 0.15) is 64.2 Å². The average Bonchev–Trinajstić information content (AvgIpc) is 2.77. The summed E-state index contributed by atoms with van der Waals surface area (Å²) < 4.78 is 6.16. The molecular formula is C15H25NO. The molecule has 1 atom stereocenters. The third-order valence-corrected chi connectivity index (χ3v) is 4.94. The van der Waals surface area contributed by atoms with Crippen LogP contribution in [0.4, 0.5) is 0 Å². The Morgan fingerprint density at radius 2 is 1.88 bits per heavy atom. The fraction of sp³-hybridized carbons (Fsp3) is 0.867. The van der Waals surface area contributed by atoms with E-state index in [1.807, 2.05) is 0 Å². The first kappa shape index (κ1) is 11.7.